The Balaban J connectivity index is 1.73. The molecule has 0 unspecified atom stereocenters. The molecule has 2 aromatic rings. The first-order valence-corrected chi connectivity index (χ1v) is 9.27. The fourth-order valence-corrected chi connectivity index (χ4v) is 3.50. The zero-order valence-corrected chi connectivity index (χ0v) is 15.9. The maximum atomic E-state index is 5.57. The van der Waals surface area contributed by atoms with E-state index in [4.69, 9.17) is 9.41 Å². The van der Waals surface area contributed by atoms with Crippen molar-refractivity contribution in [3.8, 4) is 10.8 Å². The Labute approximate surface area is 147 Å². The molecule has 24 heavy (non-hydrogen) atoms. The zero-order chi connectivity index (χ0) is 17.4. The monoisotopic (exact) mass is 346 g/mol. The molecular weight excluding hydrogens is 320 g/mol. The lowest BCUT2D eigenvalue weighted by Gasteiger charge is -2.62. The number of aliphatic imine (C=N–C) groups is 1. The number of oxazole rings is 1. The van der Waals surface area contributed by atoms with Crippen molar-refractivity contribution in [1.82, 2.24) is 15.2 Å². The SMILES string of the molecule is CCNC(=NCc1coc(-c2cccs2)n1)N1CC(C)(C)C1(C)C. The number of thiophene rings is 1. The van der Waals surface area contributed by atoms with E-state index >= 15 is 0 Å². The van der Waals surface area contributed by atoms with Crippen LogP contribution >= 0.6 is 11.3 Å². The molecule has 1 fully saturated rings. The lowest BCUT2D eigenvalue weighted by molar-refractivity contribution is -0.0667. The summed E-state index contributed by atoms with van der Waals surface area (Å²) >= 11 is 1.63. The minimum atomic E-state index is 0.0833. The van der Waals surface area contributed by atoms with E-state index in [-0.39, 0.29) is 11.0 Å². The summed E-state index contributed by atoms with van der Waals surface area (Å²) in [6.45, 7) is 13.6. The molecule has 1 N–H and O–H groups in total. The summed E-state index contributed by atoms with van der Waals surface area (Å²) in [6.07, 6.45) is 1.70. The number of hydrogen-bond donors (Lipinski definition) is 1. The molecule has 0 spiro atoms. The normalized spacial score (nSPS) is 19.2. The second-order valence-electron chi connectivity index (χ2n) is 7.32. The van der Waals surface area contributed by atoms with Crippen LogP contribution in [0.4, 0.5) is 0 Å². The molecule has 0 aliphatic carbocycles. The number of nitrogens with one attached hydrogen (secondary N) is 1. The van der Waals surface area contributed by atoms with Gasteiger partial charge in [-0.3, -0.25) is 0 Å². The summed E-state index contributed by atoms with van der Waals surface area (Å²) in [6, 6.07) is 4.01. The third kappa shape index (κ3) is 2.95. The number of rotatable bonds is 4. The van der Waals surface area contributed by atoms with Crippen molar-refractivity contribution in [2.45, 2.75) is 46.7 Å². The maximum absolute atomic E-state index is 5.57. The summed E-state index contributed by atoms with van der Waals surface area (Å²) in [5, 5.41) is 5.42. The van der Waals surface area contributed by atoms with E-state index < -0.39 is 0 Å². The molecule has 0 atom stereocenters. The van der Waals surface area contributed by atoms with E-state index in [1.54, 1.807) is 17.6 Å². The Bertz CT molecular complexity index is 715. The van der Waals surface area contributed by atoms with Crippen LogP contribution in [0.5, 0.6) is 0 Å². The van der Waals surface area contributed by atoms with Crippen LogP contribution in [-0.2, 0) is 6.54 Å². The Morgan fingerprint density at radius 2 is 2.21 bits per heavy atom. The summed E-state index contributed by atoms with van der Waals surface area (Å²) in [5.74, 6) is 1.62. The average molecular weight is 347 g/mol. The van der Waals surface area contributed by atoms with E-state index in [1.165, 1.54) is 0 Å². The lowest BCUT2D eigenvalue weighted by atomic mass is 9.65. The predicted octanol–water partition coefficient (Wildman–Crippen LogP) is 3.99. The van der Waals surface area contributed by atoms with Gasteiger partial charge < -0.3 is 14.6 Å². The van der Waals surface area contributed by atoms with Crippen molar-refractivity contribution in [2.75, 3.05) is 13.1 Å². The van der Waals surface area contributed by atoms with Gasteiger partial charge >= 0.3 is 0 Å². The predicted molar refractivity (Wildman–Crippen MR) is 99.2 cm³/mol. The maximum Gasteiger partial charge on any atom is 0.236 e. The number of aromatic nitrogens is 1. The fraction of sp³-hybridized carbons (Fsp3) is 0.556. The van der Waals surface area contributed by atoms with Gasteiger partial charge in [-0.25, -0.2) is 9.98 Å². The molecule has 1 aliphatic rings. The second-order valence-corrected chi connectivity index (χ2v) is 8.27. The van der Waals surface area contributed by atoms with Gasteiger partial charge in [0.1, 0.15) is 12.0 Å². The van der Waals surface area contributed by atoms with Gasteiger partial charge in [0.2, 0.25) is 5.89 Å². The summed E-state index contributed by atoms with van der Waals surface area (Å²) < 4.78 is 5.57. The van der Waals surface area contributed by atoms with Gasteiger partial charge in [-0.05, 0) is 32.2 Å². The highest BCUT2D eigenvalue weighted by molar-refractivity contribution is 7.13. The van der Waals surface area contributed by atoms with Crippen LogP contribution in [0.3, 0.4) is 0 Å². The summed E-state index contributed by atoms with van der Waals surface area (Å²) in [5.41, 5.74) is 1.22. The van der Waals surface area contributed by atoms with Gasteiger partial charge in [0.15, 0.2) is 5.96 Å². The molecule has 1 aliphatic heterocycles. The third-order valence-electron chi connectivity index (χ3n) is 5.15. The van der Waals surface area contributed by atoms with E-state index in [2.05, 4.69) is 49.8 Å². The number of likely N-dealkylation sites (tertiary alicyclic amines) is 1. The van der Waals surface area contributed by atoms with Crippen molar-refractivity contribution in [3.05, 3.63) is 29.5 Å². The average Bonchev–Trinajstić information content (AvgIpc) is 3.20. The van der Waals surface area contributed by atoms with Gasteiger partial charge in [0, 0.05) is 24.0 Å². The van der Waals surface area contributed by atoms with E-state index in [9.17, 15) is 0 Å². The number of hydrogen-bond acceptors (Lipinski definition) is 4. The van der Waals surface area contributed by atoms with Gasteiger partial charge in [-0.2, -0.15) is 0 Å². The first-order valence-electron chi connectivity index (χ1n) is 8.39. The van der Waals surface area contributed by atoms with Gasteiger partial charge in [-0.1, -0.05) is 19.9 Å². The van der Waals surface area contributed by atoms with Crippen LogP contribution in [0.2, 0.25) is 0 Å². The highest BCUT2D eigenvalue weighted by Crippen LogP contribution is 2.46. The second kappa shape index (κ2) is 6.24. The summed E-state index contributed by atoms with van der Waals surface area (Å²) in [4.78, 5) is 12.7. The molecule has 0 aromatic carbocycles. The molecule has 2 aromatic heterocycles. The molecule has 0 saturated carbocycles. The molecule has 0 bridgehead atoms. The van der Waals surface area contributed by atoms with E-state index in [1.807, 2.05) is 17.5 Å². The Hall–Kier alpha value is -1.82. The summed E-state index contributed by atoms with van der Waals surface area (Å²) in [7, 11) is 0. The molecule has 1 saturated heterocycles. The molecule has 0 radical (unpaired) electrons. The van der Waals surface area contributed by atoms with Crippen molar-refractivity contribution in [2.24, 2.45) is 10.4 Å². The van der Waals surface area contributed by atoms with Crippen molar-refractivity contribution in [1.29, 1.82) is 0 Å². The molecular formula is C18H26N4OS. The molecule has 130 valence electrons. The van der Waals surface area contributed by atoms with E-state index in [0.717, 1.165) is 29.6 Å². The standard InChI is InChI=1S/C18H26N4OS/c1-6-19-16(22-12-17(2,3)18(22,4)5)20-10-13-11-23-15(21-13)14-8-7-9-24-14/h7-9,11H,6,10,12H2,1-5H3,(H,19,20). The first kappa shape index (κ1) is 17.0. The fourth-order valence-electron chi connectivity index (χ4n) is 2.84. The molecule has 6 heteroatoms. The van der Waals surface area contributed by atoms with Crippen LogP contribution < -0.4 is 5.32 Å². The Morgan fingerprint density at radius 3 is 2.79 bits per heavy atom. The molecule has 0 amide bonds. The minimum Gasteiger partial charge on any atom is -0.443 e. The quantitative estimate of drug-likeness (QED) is 0.672. The third-order valence-corrected chi connectivity index (χ3v) is 6.01. The van der Waals surface area contributed by atoms with Crippen LogP contribution in [-0.4, -0.2) is 34.5 Å². The Morgan fingerprint density at radius 1 is 1.42 bits per heavy atom. The smallest absolute Gasteiger partial charge is 0.236 e. The minimum absolute atomic E-state index is 0.0833. The van der Waals surface area contributed by atoms with Crippen LogP contribution in [0.25, 0.3) is 10.8 Å². The topological polar surface area (TPSA) is 53.7 Å². The van der Waals surface area contributed by atoms with Crippen LogP contribution in [0, 0.1) is 5.41 Å². The highest BCUT2D eigenvalue weighted by Gasteiger charge is 2.53. The number of guanidine groups is 1. The first-order chi connectivity index (χ1) is 11.3. The van der Waals surface area contributed by atoms with Crippen molar-refractivity contribution >= 4 is 17.3 Å². The lowest BCUT2D eigenvalue weighted by Crippen LogP contribution is -2.72. The van der Waals surface area contributed by atoms with Crippen LogP contribution in [0.1, 0.15) is 40.3 Å². The van der Waals surface area contributed by atoms with E-state index in [0.29, 0.717) is 12.4 Å². The van der Waals surface area contributed by atoms with Gasteiger partial charge in [0.25, 0.3) is 0 Å². The molecule has 5 nitrogen and oxygen atoms in total. The van der Waals surface area contributed by atoms with Crippen LogP contribution in [0.15, 0.2) is 33.2 Å². The van der Waals surface area contributed by atoms with Crippen molar-refractivity contribution in [3.63, 3.8) is 0 Å². The largest absolute Gasteiger partial charge is 0.443 e. The van der Waals surface area contributed by atoms with Gasteiger partial charge in [0.05, 0.1) is 11.4 Å². The molecule has 3 rings (SSSR count). The zero-order valence-electron chi connectivity index (χ0n) is 15.1. The Kier molecular flexibility index (Phi) is 4.42. The van der Waals surface area contributed by atoms with Crippen molar-refractivity contribution < 1.29 is 4.42 Å². The molecule has 3 heterocycles. The highest BCUT2D eigenvalue weighted by atomic mass is 32.1. The van der Waals surface area contributed by atoms with Gasteiger partial charge in [-0.15, -0.1) is 11.3 Å². The number of nitrogens with zero attached hydrogens (tertiary/aromatic N) is 3.